The van der Waals surface area contributed by atoms with Gasteiger partial charge in [-0.05, 0) is 49.4 Å². The molecule has 0 radical (unpaired) electrons. The van der Waals surface area contributed by atoms with Gasteiger partial charge in [-0.3, -0.25) is 37.3 Å². The number of esters is 4. The first kappa shape index (κ1) is 93.1. The van der Waals surface area contributed by atoms with E-state index in [4.69, 9.17) is 37.0 Å². The lowest BCUT2D eigenvalue weighted by Gasteiger charge is -2.21. The Morgan fingerprint density at radius 3 is 0.653 bits per heavy atom. The van der Waals surface area contributed by atoms with Crippen LogP contribution in [0.1, 0.15) is 383 Å². The van der Waals surface area contributed by atoms with Crippen LogP contribution in [0.15, 0.2) is 0 Å². The summed E-state index contributed by atoms with van der Waals surface area (Å²) >= 11 is 0. The van der Waals surface area contributed by atoms with Gasteiger partial charge < -0.3 is 33.8 Å². The summed E-state index contributed by atoms with van der Waals surface area (Å²) in [6.07, 6.45) is 50.1. The first-order chi connectivity index (χ1) is 45.6. The fourth-order valence-electron chi connectivity index (χ4n) is 11.6. The van der Waals surface area contributed by atoms with Crippen molar-refractivity contribution in [3.8, 4) is 0 Å². The molecular weight excluding hydrogens is 1250 g/mol. The zero-order valence-corrected chi connectivity index (χ0v) is 64.1. The third kappa shape index (κ3) is 70.3. The summed E-state index contributed by atoms with van der Waals surface area (Å²) in [5.41, 5.74) is 0. The number of hydrogen-bond acceptors (Lipinski definition) is 15. The summed E-state index contributed by atoms with van der Waals surface area (Å²) in [5.74, 6) is 0.892. The summed E-state index contributed by atoms with van der Waals surface area (Å²) < 4.78 is 68.5. The Hall–Kier alpha value is -1.94. The number of unbranched alkanes of at least 4 members (excludes halogenated alkanes) is 39. The second-order valence-electron chi connectivity index (χ2n) is 29.3. The highest BCUT2D eigenvalue weighted by molar-refractivity contribution is 7.47. The van der Waals surface area contributed by atoms with Crippen molar-refractivity contribution in [2.24, 2.45) is 23.7 Å². The molecule has 0 saturated heterocycles. The van der Waals surface area contributed by atoms with E-state index in [1.165, 1.54) is 180 Å². The molecule has 0 aromatic carbocycles. The highest BCUT2D eigenvalue weighted by atomic mass is 31.2. The average molecular weight is 1400 g/mol. The highest BCUT2D eigenvalue weighted by Crippen LogP contribution is 2.45. The zero-order valence-electron chi connectivity index (χ0n) is 62.3. The minimum Gasteiger partial charge on any atom is -0.462 e. The van der Waals surface area contributed by atoms with Crippen LogP contribution in [0.2, 0.25) is 0 Å². The molecule has 0 bridgehead atoms. The van der Waals surface area contributed by atoms with Crippen molar-refractivity contribution in [1.82, 2.24) is 0 Å². The molecule has 0 amide bonds. The molecule has 2 unspecified atom stereocenters. The summed E-state index contributed by atoms with van der Waals surface area (Å²) in [4.78, 5) is 72.8. The summed E-state index contributed by atoms with van der Waals surface area (Å²) in [6.45, 7) is 14.1. The van der Waals surface area contributed by atoms with Crippen LogP contribution >= 0.6 is 15.6 Å². The smallest absolute Gasteiger partial charge is 0.462 e. The maximum absolute atomic E-state index is 13.1. The van der Waals surface area contributed by atoms with Crippen molar-refractivity contribution < 1.29 is 80.2 Å². The minimum atomic E-state index is -4.96. The monoisotopic (exact) mass is 1400 g/mol. The highest BCUT2D eigenvalue weighted by Gasteiger charge is 2.30. The number of aliphatic hydroxyl groups excluding tert-OH is 1. The molecule has 0 saturated carbocycles. The maximum atomic E-state index is 13.1. The van der Waals surface area contributed by atoms with Crippen molar-refractivity contribution in [2.75, 3.05) is 39.6 Å². The fourth-order valence-corrected chi connectivity index (χ4v) is 13.1. The number of carbonyl (C=O) groups excluding carboxylic acids is 4. The molecule has 0 heterocycles. The third-order valence-electron chi connectivity index (χ3n) is 17.6. The van der Waals surface area contributed by atoms with Gasteiger partial charge in [0.15, 0.2) is 12.2 Å². The average Bonchev–Trinajstić information content (AvgIpc) is 1.64. The van der Waals surface area contributed by atoms with Gasteiger partial charge in [0.05, 0.1) is 26.4 Å². The molecule has 564 valence electrons. The number of carbonyl (C=O) groups is 4. The largest absolute Gasteiger partial charge is 0.472 e. The molecule has 19 heteroatoms. The molecule has 0 spiro atoms. The number of ether oxygens (including phenoxy) is 4. The summed E-state index contributed by atoms with van der Waals surface area (Å²) in [6, 6.07) is 0. The summed E-state index contributed by atoms with van der Waals surface area (Å²) in [7, 11) is -9.91. The number of aliphatic hydroxyl groups is 1. The van der Waals surface area contributed by atoms with Crippen LogP contribution in [0.3, 0.4) is 0 Å². The quantitative estimate of drug-likeness (QED) is 0.0222. The molecule has 0 aromatic heterocycles. The molecule has 0 aliphatic heterocycles. The van der Waals surface area contributed by atoms with Crippen LogP contribution in [0.5, 0.6) is 0 Å². The second kappa shape index (κ2) is 65.4. The van der Waals surface area contributed by atoms with Gasteiger partial charge in [0.2, 0.25) is 0 Å². The number of rotatable bonds is 73. The van der Waals surface area contributed by atoms with E-state index < -0.39 is 97.5 Å². The number of hydrogen-bond donors (Lipinski definition) is 3. The molecule has 0 aromatic rings. The van der Waals surface area contributed by atoms with Gasteiger partial charge in [0, 0.05) is 25.7 Å². The Morgan fingerprint density at radius 2 is 0.442 bits per heavy atom. The maximum Gasteiger partial charge on any atom is 0.472 e. The van der Waals surface area contributed by atoms with Crippen LogP contribution in [-0.4, -0.2) is 96.7 Å². The molecule has 0 fully saturated rings. The molecule has 0 rings (SSSR count). The second-order valence-corrected chi connectivity index (χ2v) is 32.2. The lowest BCUT2D eigenvalue weighted by Crippen LogP contribution is -2.30. The normalized spacial score (nSPS) is 14.1. The van der Waals surface area contributed by atoms with Crippen LogP contribution in [0, 0.1) is 23.7 Å². The molecule has 0 aliphatic rings. The van der Waals surface area contributed by atoms with E-state index in [9.17, 15) is 43.2 Å². The minimum absolute atomic E-state index is 0.104. The van der Waals surface area contributed by atoms with Crippen LogP contribution < -0.4 is 0 Å². The first-order valence-corrected chi connectivity index (χ1v) is 42.2. The van der Waals surface area contributed by atoms with Gasteiger partial charge in [0.1, 0.15) is 19.3 Å². The van der Waals surface area contributed by atoms with Crippen LogP contribution in [-0.2, 0) is 65.4 Å². The fraction of sp³-hybridized carbons (Fsp3) is 0.947. The van der Waals surface area contributed by atoms with E-state index in [-0.39, 0.29) is 25.7 Å². The van der Waals surface area contributed by atoms with Crippen molar-refractivity contribution in [2.45, 2.75) is 401 Å². The van der Waals surface area contributed by atoms with Crippen molar-refractivity contribution in [3.63, 3.8) is 0 Å². The van der Waals surface area contributed by atoms with E-state index in [1.807, 2.05) is 0 Å². The van der Waals surface area contributed by atoms with Crippen molar-refractivity contribution in [3.05, 3.63) is 0 Å². The Morgan fingerprint density at radius 1 is 0.263 bits per heavy atom. The van der Waals surface area contributed by atoms with E-state index in [2.05, 4.69) is 55.4 Å². The predicted octanol–water partition coefficient (Wildman–Crippen LogP) is 22.0. The zero-order chi connectivity index (χ0) is 70.3. The molecule has 3 N–H and O–H groups in total. The van der Waals surface area contributed by atoms with Gasteiger partial charge in [-0.1, -0.05) is 331 Å². The number of phosphoric acid groups is 2. The van der Waals surface area contributed by atoms with E-state index in [1.54, 1.807) is 0 Å². The Labute approximate surface area is 581 Å². The molecule has 5 atom stereocenters. The predicted molar refractivity (Wildman–Crippen MR) is 386 cm³/mol. The third-order valence-corrected chi connectivity index (χ3v) is 19.5. The Bertz CT molecular complexity index is 1870. The summed E-state index contributed by atoms with van der Waals surface area (Å²) in [5, 5.41) is 10.6. The van der Waals surface area contributed by atoms with Crippen molar-refractivity contribution >= 4 is 39.5 Å². The van der Waals surface area contributed by atoms with Crippen LogP contribution in [0.25, 0.3) is 0 Å². The molecule has 17 nitrogen and oxygen atoms in total. The van der Waals surface area contributed by atoms with E-state index in [0.29, 0.717) is 31.6 Å². The Balaban J connectivity index is 5.23. The lowest BCUT2D eigenvalue weighted by atomic mass is 10.0. The van der Waals surface area contributed by atoms with Crippen molar-refractivity contribution in [1.29, 1.82) is 0 Å². The molecule has 0 aliphatic carbocycles. The van der Waals surface area contributed by atoms with Gasteiger partial charge in [-0.15, -0.1) is 0 Å². The SMILES string of the molecule is CC(C)CCCCCCCCCCCCCCCCCC(=O)OC[C@H](COP(=O)(O)OC[C@@H](O)COP(=O)(O)OC[C@@H](COC(=O)CCCCCCCCC(C)C)OC(=O)CCCCCCCCCCCCC(C)C)OC(=O)CCCCCCCCCCCCCCC(C)C. The van der Waals surface area contributed by atoms with Gasteiger partial charge in [-0.25, -0.2) is 9.13 Å². The lowest BCUT2D eigenvalue weighted by molar-refractivity contribution is -0.161. The number of phosphoric ester groups is 2. The molecular formula is C76H148O17P2. The first-order valence-electron chi connectivity index (χ1n) is 39.2. The van der Waals surface area contributed by atoms with Gasteiger partial charge in [-0.2, -0.15) is 0 Å². The standard InChI is InChI=1S/C76H148O17P2/c1-66(2)52-44-36-28-22-16-12-10-9-11-13-18-25-31-40-48-56-73(78)86-62-71(92-75(80)58-50-42-32-26-19-15-14-17-23-29-37-45-53-67(3)4)64-90-94(82,83)88-60-70(77)61-89-95(84,85)91-65-72(63-87-74(79)57-49-41-35-34-39-47-55-69(7)8)93-76(81)59-51-43-33-27-21-20-24-30-38-46-54-68(5)6/h66-72,77H,9-65H2,1-8H3,(H,82,83)(H,84,85)/t70-,71-,72-/m1/s1. The van der Waals surface area contributed by atoms with E-state index in [0.717, 1.165) is 114 Å². The topological polar surface area (TPSA) is 237 Å². The Kier molecular flexibility index (Phi) is 64.0. The molecule has 95 heavy (non-hydrogen) atoms. The van der Waals surface area contributed by atoms with Gasteiger partial charge in [0.25, 0.3) is 0 Å². The van der Waals surface area contributed by atoms with E-state index >= 15 is 0 Å². The van der Waals surface area contributed by atoms with Crippen LogP contribution in [0.4, 0.5) is 0 Å². The van der Waals surface area contributed by atoms with Gasteiger partial charge >= 0.3 is 39.5 Å².